The molecule has 216 valence electrons. The van der Waals surface area contributed by atoms with Gasteiger partial charge < -0.3 is 40.3 Å². The van der Waals surface area contributed by atoms with Crippen LogP contribution in [0.1, 0.15) is 18.7 Å². The van der Waals surface area contributed by atoms with Gasteiger partial charge in [-0.15, -0.1) is 0 Å². The number of phenols is 1. The summed E-state index contributed by atoms with van der Waals surface area (Å²) in [5, 5.41) is 26.0. The Labute approximate surface area is 228 Å². The number of aromatic hydroxyl groups is 1. The van der Waals surface area contributed by atoms with Gasteiger partial charge in [-0.25, -0.2) is 19.5 Å². The van der Waals surface area contributed by atoms with Crippen LogP contribution in [0.2, 0.25) is 0 Å². The molecule has 1 aromatic carbocycles. The molecule has 2 aromatic heterocycles. The number of hydrogen-bond donors (Lipinski definition) is 6. The van der Waals surface area contributed by atoms with Gasteiger partial charge in [-0.1, -0.05) is 12.1 Å². The van der Waals surface area contributed by atoms with Gasteiger partial charge in [0.2, 0.25) is 11.8 Å². The molecule has 16 nitrogen and oxygen atoms in total. The van der Waals surface area contributed by atoms with Crippen LogP contribution in [-0.2, 0) is 29.8 Å². The number of carbonyl (C=O) groups is 2. The van der Waals surface area contributed by atoms with E-state index in [9.17, 15) is 34.2 Å². The van der Waals surface area contributed by atoms with Gasteiger partial charge in [0.1, 0.15) is 30.3 Å². The van der Waals surface area contributed by atoms with Crippen molar-refractivity contribution < 1.29 is 43.4 Å². The fraction of sp³-hybridized carbons (Fsp3) is 0.435. The van der Waals surface area contributed by atoms with E-state index < -0.39 is 56.8 Å². The Hall–Kier alpha value is -3.66. The molecule has 0 saturated carbocycles. The number of imidazole rings is 1. The number of benzene rings is 1. The Morgan fingerprint density at radius 3 is 2.52 bits per heavy atom. The van der Waals surface area contributed by atoms with E-state index in [-0.39, 0.29) is 12.2 Å². The molecule has 17 heteroatoms. The van der Waals surface area contributed by atoms with E-state index in [0.29, 0.717) is 22.5 Å². The number of rotatable bonds is 10. The van der Waals surface area contributed by atoms with E-state index in [1.54, 1.807) is 31.1 Å². The van der Waals surface area contributed by atoms with Crippen molar-refractivity contribution in [3.05, 3.63) is 42.5 Å². The van der Waals surface area contributed by atoms with Crippen molar-refractivity contribution in [2.75, 3.05) is 25.6 Å². The Kier molecular flexibility index (Phi) is 8.68. The molecule has 0 spiro atoms. The zero-order valence-corrected chi connectivity index (χ0v) is 22.7. The van der Waals surface area contributed by atoms with Crippen molar-refractivity contribution in [3.63, 3.8) is 0 Å². The Balaban J connectivity index is 1.61. The number of amides is 2. The van der Waals surface area contributed by atoms with Crippen LogP contribution in [0.15, 0.2) is 36.9 Å². The minimum absolute atomic E-state index is 0.0319. The molecule has 0 aliphatic carbocycles. The third-order valence-corrected chi connectivity index (χ3v) is 6.68. The van der Waals surface area contributed by atoms with E-state index in [1.165, 1.54) is 36.3 Å². The number of nitrogens with zero attached hydrogens (tertiary/aromatic N) is 5. The topological polar surface area (TPSA) is 221 Å². The molecular weight excluding hydrogens is 549 g/mol. The number of anilines is 1. The molecule has 1 aliphatic rings. The molecule has 0 radical (unpaired) electrons. The summed E-state index contributed by atoms with van der Waals surface area (Å²) in [4.78, 5) is 58.2. The van der Waals surface area contributed by atoms with Crippen LogP contribution in [0.5, 0.6) is 5.75 Å². The van der Waals surface area contributed by atoms with Crippen LogP contribution in [0.4, 0.5) is 5.82 Å². The highest BCUT2D eigenvalue weighted by atomic mass is 31.2. The lowest BCUT2D eigenvalue weighted by molar-refractivity contribution is -0.129. The predicted molar refractivity (Wildman–Crippen MR) is 139 cm³/mol. The van der Waals surface area contributed by atoms with Crippen LogP contribution < -0.4 is 15.5 Å². The fourth-order valence-electron chi connectivity index (χ4n) is 4.40. The fourth-order valence-corrected chi connectivity index (χ4v) is 4.74. The maximum absolute atomic E-state index is 13.3. The largest absolute Gasteiger partial charge is 0.508 e. The number of aliphatic hydroxyl groups is 1. The molecule has 6 N–H and O–H groups in total. The second-order valence-electron chi connectivity index (χ2n) is 9.42. The average molecular weight is 580 g/mol. The summed E-state index contributed by atoms with van der Waals surface area (Å²) in [5.41, 5.74) is 1.36. The maximum atomic E-state index is 13.3. The molecule has 2 amide bonds. The molecule has 1 aliphatic heterocycles. The molecule has 3 heterocycles. The van der Waals surface area contributed by atoms with Crippen LogP contribution in [0.3, 0.4) is 0 Å². The van der Waals surface area contributed by atoms with Crippen LogP contribution >= 0.6 is 7.82 Å². The molecule has 1 saturated heterocycles. The first-order valence-electron chi connectivity index (χ1n) is 12.1. The highest BCUT2D eigenvalue weighted by Gasteiger charge is 2.47. The van der Waals surface area contributed by atoms with E-state index in [1.807, 2.05) is 0 Å². The normalized spacial score (nSPS) is 21.8. The SMILES string of the molecule is CC(=O)NC(Cc1ccc(O)cc1)C(=O)NC1[C@@H](O)[C@H](n2cnc3c(N(C)C)ncnc32)O[C@@H]1COP(=O)(O)O. The minimum Gasteiger partial charge on any atom is -0.508 e. The Morgan fingerprint density at radius 2 is 1.90 bits per heavy atom. The number of fused-ring (bicyclic) bond motifs is 1. The molecule has 0 bridgehead atoms. The molecule has 3 aromatic rings. The lowest BCUT2D eigenvalue weighted by Crippen LogP contribution is -2.55. The van der Waals surface area contributed by atoms with Crippen LogP contribution in [0, 0.1) is 0 Å². The standard InChI is InChI=1S/C23H30N7O9P/c1-12(31)27-15(8-13-4-6-14(32)7-5-13)22(34)28-17-16(9-38-40(35,36)37)39-23(19(17)33)30-11-26-18-20(29(2)3)24-10-25-21(18)30/h4-7,10-11,15-17,19,23,32-33H,8-9H2,1-3H3,(H,27,31)(H,28,34)(H2,35,36,37)/t15?,16-,17?,19-,23-/m1/s1. The summed E-state index contributed by atoms with van der Waals surface area (Å²) >= 11 is 0. The molecular formula is C23H30N7O9P. The summed E-state index contributed by atoms with van der Waals surface area (Å²) in [5.74, 6) is -0.632. The zero-order chi connectivity index (χ0) is 29.2. The van der Waals surface area contributed by atoms with Gasteiger partial charge in [0.05, 0.1) is 19.0 Å². The number of carbonyl (C=O) groups excluding carboxylic acids is 2. The number of hydrogen-bond acceptors (Lipinski definition) is 11. The third-order valence-electron chi connectivity index (χ3n) is 6.20. The number of aliphatic hydroxyl groups excluding tert-OH is 1. The van der Waals surface area contributed by atoms with Crippen molar-refractivity contribution >= 4 is 36.6 Å². The number of phosphoric acid groups is 1. The van der Waals surface area contributed by atoms with Crippen molar-refractivity contribution in [3.8, 4) is 5.75 Å². The van der Waals surface area contributed by atoms with Gasteiger partial charge in [0.25, 0.3) is 0 Å². The smallest absolute Gasteiger partial charge is 0.469 e. The van der Waals surface area contributed by atoms with Crippen molar-refractivity contribution in [1.82, 2.24) is 30.2 Å². The quantitative estimate of drug-likeness (QED) is 0.162. The second-order valence-corrected chi connectivity index (χ2v) is 10.7. The highest BCUT2D eigenvalue weighted by Crippen LogP contribution is 2.39. The lowest BCUT2D eigenvalue weighted by Gasteiger charge is -2.25. The van der Waals surface area contributed by atoms with E-state index >= 15 is 0 Å². The molecule has 5 atom stereocenters. The lowest BCUT2D eigenvalue weighted by atomic mass is 10.0. The van der Waals surface area contributed by atoms with Crippen molar-refractivity contribution in [2.24, 2.45) is 0 Å². The van der Waals surface area contributed by atoms with E-state index in [2.05, 4.69) is 30.1 Å². The van der Waals surface area contributed by atoms with Gasteiger partial charge in [0.15, 0.2) is 23.2 Å². The molecule has 2 unspecified atom stereocenters. The number of nitrogens with one attached hydrogen (secondary N) is 2. The Morgan fingerprint density at radius 1 is 1.20 bits per heavy atom. The first-order valence-corrected chi connectivity index (χ1v) is 13.6. The summed E-state index contributed by atoms with van der Waals surface area (Å²) < 4.78 is 23.4. The maximum Gasteiger partial charge on any atom is 0.469 e. The number of aromatic nitrogens is 4. The van der Waals surface area contributed by atoms with Gasteiger partial charge in [0, 0.05) is 27.4 Å². The summed E-state index contributed by atoms with van der Waals surface area (Å²) in [6, 6.07) is 3.76. The average Bonchev–Trinajstić information content (AvgIpc) is 3.43. The molecule has 1 fully saturated rings. The van der Waals surface area contributed by atoms with E-state index in [4.69, 9.17) is 4.74 Å². The van der Waals surface area contributed by atoms with Gasteiger partial charge >= 0.3 is 7.82 Å². The first-order chi connectivity index (χ1) is 18.8. The van der Waals surface area contributed by atoms with Gasteiger partial charge in [-0.2, -0.15) is 0 Å². The van der Waals surface area contributed by atoms with Crippen molar-refractivity contribution in [1.29, 1.82) is 0 Å². The van der Waals surface area contributed by atoms with Gasteiger partial charge in [-0.3, -0.25) is 18.7 Å². The predicted octanol–water partition coefficient (Wildman–Crippen LogP) is -0.802. The first kappa shape index (κ1) is 29.3. The van der Waals surface area contributed by atoms with Crippen LogP contribution in [0.25, 0.3) is 11.2 Å². The molecule has 4 rings (SSSR count). The zero-order valence-electron chi connectivity index (χ0n) is 21.8. The monoisotopic (exact) mass is 579 g/mol. The van der Waals surface area contributed by atoms with Crippen LogP contribution in [-0.4, -0.2) is 96.3 Å². The second kappa shape index (κ2) is 11.8. The number of phenolic OH excluding ortho intramolecular Hbond substituents is 1. The summed E-state index contributed by atoms with van der Waals surface area (Å²) in [7, 11) is -1.38. The van der Waals surface area contributed by atoms with Gasteiger partial charge in [-0.05, 0) is 17.7 Å². The molecule has 40 heavy (non-hydrogen) atoms. The van der Waals surface area contributed by atoms with E-state index in [0.717, 1.165) is 0 Å². The van der Waals surface area contributed by atoms with Crippen molar-refractivity contribution in [2.45, 2.75) is 43.9 Å². The Bertz CT molecular complexity index is 1410. The summed E-state index contributed by atoms with van der Waals surface area (Å²) in [6.07, 6.45) is -1.10. The third kappa shape index (κ3) is 6.72. The summed E-state index contributed by atoms with van der Waals surface area (Å²) in [6.45, 7) is 0.571. The number of phosphoric ester groups is 1. The highest BCUT2D eigenvalue weighted by molar-refractivity contribution is 7.46. The number of ether oxygens (including phenoxy) is 1. The minimum atomic E-state index is -4.92.